The van der Waals surface area contributed by atoms with E-state index in [2.05, 4.69) is 22.5 Å². The Kier molecular flexibility index (Phi) is 8.68. The molecule has 1 aromatic heterocycles. The van der Waals surface area contributed by atoms with E-state index in [4.69, 9.17) is 4.74 Å². The van der Waals surface area contributed by atoms with Crippen molar-refractivity contribution in [3.05, 3.63) is 46.4 Å². The number of nitrogens with zero attached hydrogens (tertiary/aromatic N) is 1. The predicted molar refractivity (Wildman–Crippen MR) is 119 cm³/mol. The second-order valence-corrected chi connectivity index (χ2v) is 8.67. The van der Waals surface area contributed by atoms with Crippen molar-refractivity contribution in [1.82, 2.24) is 15.6 Å². The van der Waals surface area contributed by atoms with Crippen LogP contribution in [0.1, 0.15) is 73.8 Å². The van der Waals surface area contributed by atoms with Gasteiger partial charge in [-0.2, -0.15) is 0 Å². The summed E-state index contributed by atoms with van der Waals surface area (Å²) in [4.78, 5) is 29.4. The molecule has 0 saturated heterocycles. The van der Waals surface area contributed by atoms with Gasteiger partial charge in [-0.3, -0.25) is 9.59 Å². The van der Waals surface area contributed by atoms with Crippen LogP contribution in [-0.2, 0) is 11.4 Å². The second-order valence-electron chi connectivity index (χ2n) is 7.72. The van der Waals surface area contributed by atoms with Gasteiger partial charge < -0.3 is 15.4 Å². The summed E-state index contributed by atoms with van der Waals surface area (Å²) in [6.45, 7) is 2.46. The Morgan fingerprint density at radius 1 is 1.10 bits per heavy atom. The number of unbranched alkanes of at least 4 members (excludes halogenated alkanes) is 2. The van der Waals surface area contributed by atoms with E-state index in [9.17, 15) is 9.59 Å². The van der Waals surface area contributed by atoms with Gasteiger partial charge in [0.1, 0.15) is 23.1 Å². The Hall–Kier alpha value is -2.41. The first-order chi connectivity index (χ1) is 14.7. The van der Waals surface area contributed by atoms with Gasteiger partial charge in [-0.15, -0.1) is 11.3 Å². The summed E-state index contributed by atoms with van der Waals surface area (Å²) in [5, 5.41) is 8.75. The number of carbonyl (C=O) groups is 2. The highest BCUT2D eigenvalue weighted by Gasteiger charge is 2.28. The van der Waals surface area contributed by atoms with E-state index in [1.165, 1.54) is 11.3 Å². The molecule has 2 amide bonds. The van der Waals surface area contributed by atoms with E-state index in [-0.39, 0.29) is 23.9 Å². The minimum atomic E-state index is -0.186. The Morgan fingerprint density at radius 2 is 1.83 bits per heavy atom. The molecule has 1 saturated carbocycles. The van der Waals surface area contributed by atoms with E-state index >= 15 is 0 Å². The normalized spacial score (nSPS) is 18.6. The lowest BCUT2D eigenvalue weighted by molar-refractivity contribution is -0.122. The largest absolute Gasteiger partial charge is 0.486 e. The first-order valence-corrected chi connectivity index (χ1v) is 11.8. The number of amides is 2. The quantitative estimate of drug-likeness (QED) is 0.547. The number of para-hydroxylation sites is 1. The summed E-state index contributed by atoms with van der Waals surface area (Å²) in [7, 11) is 0. The highest BCUT2D eigenvalue weighted by molar-refractivity contribution is 7.09. The van der Waals surface area contributed by atoms with Crippen LogP contribution in [0.4, 0.5) is 0 Å². The molecule has 1 aliphatic rings. The Balaban J connectivity index is 1.50. The monoisotopic (exact) mass is 429 g/mol. The van der Waals surface area contributed by atoms with Gasteiger partial charge in [0.25, 0.3) is 5.91 Å². The van der Waals surface area contributed by atoms with Crippen molar-refractivity contribution in [3.8, 4) is 5.75 Å². The molecule has 0 bridgehead atoms. The van der Waals surface area contributed by atoms with Crippen LogP contribution in [0, 0.1) is 0 Å². The van der Waals surface area contributed by atoms with Crippen LogP contribution in [0.3, 0.4) is 0 Å². The zero-order chi connectivity index (χ0) is 21.2. The van der Waals surface area contributed by atoms with Crippen LogP contribution < -0.4 is 15.4 Å². The summed E-state index contributed by atoms with van der Waals surface area (Å²) in [5.41, 5.74) is 0.408. The molecule has 0 radical (unpaired) electrons. The molecular weight excluding hydrogens is 398 g/mol. The van der Waals surface area contributed by atoms with E-state index in [1.54, 1.807) is 5.38 Å². The number of hydrogen-bond acceptors (Lipinski definition) is 5. The van der Waals surface area contributed by atoms with Crippen molar-refractivity contribution in [1.29, 1.82) is 0 Å². The standard InChI is InChI=1S/C23H31N3O3S/c1-2-3-5-14-21(27)24-18-12-8-9-13-19(18)26-23(28)20-16-30-22(25-20)15-29-17-10-6-4-7-11-17/h4,6-7,10-11,16,18-19H,2-3,5,8-9,12-15H2,1H3,(H,24,27)(H,26,28)/t18-,19+/m1/s1. The molecule has 7 heteroatoms. The molecule has 1 fully saturated rings. The third-order valence-corrected chi connectivity index (χ3v) is 6.15. The average Bonchev–Trinajstić information content (AvgIpc) is 3.24. The van der Waals surface area contributed by atoms with Crippen molar-refractivity contribution in [3.63, 3.8) is 0 Å². The highest BCUT2D eigenvalue weighted by Crippen LogP contribution is 2.20. The van der Waals surface area contributed by atoms with Gasteiger partial charge in [-0.1, -0.05) is 50.8 Å². The molecule has 1 aromatic carbocycles. The van der Waals surface area contributed by atoms with Gasteiger partial charge in [-0.05, 0) is 31.4 Å². The molecule has 1 heterocycles. The van der Waals surface area contributed by atoms with Gasteiger partial charge in [-0.25, -0.2) is 4.98 Å². The molecular formula is C23H31N3O3S. The third kappa shape index (κ3) is 6.83. The Morgan fingerprint density at radius 3 is 2.57 bits per heavy atom. The summed E-state index contributed by atoms with van der Waals surface area (Å²) in [6, 6.07) is 9.49. The Labute approximate surface area is 182 Å². The molecule has 162 valence electrons. The number of carbonyl (C=O) groups excluding carboxylic acids is 2. The van der Waals surface area contributed by atoms with E-state index < -0.39 is 0 Å². The van der Waals surface area contributed by atoms with Crippen molar-refractivity contribution in [2.24, 2.45) is 0 Å². The molecule has 0 unspecified atom stereocenters. The number of aromatic nitrogens is 1. The number of ether oxygens (including phenoxy) is 1. The SMILES string of the molecule is CCCCCC(=O)N[C@@H]1CCCC[C@@H]1NC(=O)c1csc(COc2ccccc2)n1. The van der Waals surface area contributed by atoms with Crippen LogP contribution in [0.2, 0.25) is 0 Å². The maximum atomic E-state index is 12.7. The number of rotatable bonds is 10. The zero-order valence-electron chi connectivity index (χ0n) is 17.6. The number of thiazole rings is 1. The minimum absolute atomic E-state index is 0.00338. The molecule has 30 heavy (non-hydrogen) atoms. The van der Waals surface area contributed by atoms with Gasteiger partial charge in [0.05, 0.1) is 0 Å². The Bertz CT molecular complexity index is 809. The maximum absolute atomic E-state index is 12.7. The molecule has 2 aromatic rings. The van der Waals surface area contributed by atoms with Crippen LogP contribution >= 0.6 is 11.3 Å². The fourth-order valence-corrected chi connectivity index (χ4v) is 4.36. The molecule has 0 spiro atoms. The van der Waals surface area contributed by atoms with Gasteiger partial charge in [0, 0.05) is 23.9 Å². The minimum Gasteiger partial charge on any atom is -0.486 e. The summed E-state index contributed by atoms with van der Waals surface area (Å²) in [6.07, 6.45) is 7.54. The topological polar surface area (TPSA) is 80.3 Å². The highest BCUT2D eigenvalue weighted by atomic mass is 32.1. The van der Waals surface area contributed by atoms with Crippen LogP contribution in [0.25, 0.3) is 0 Å². The van der Waals surface area contributed by atoms with Gasteiger partial charge in [0.2, 0.25) is 5.91 Å². The lowest BCUT2D eigenvalue weighted by Crippen LogP contribution is -2.53. The first kappa shape index (κ1) is 22.3. The van der Waals surface area contributed by atoms with Crippen molar-refractivity contribution in [2.45, 2.75) is 77.0 Å². The summed E-state index contributed by atoms with van der Waals surface area (Å²) < 4.78 is 5.70. The van der Waals surface area contributed by atoms with Gasteiger partial charge in [0.15, 0.2) is 0 Å². The van der Waals surface area contributed by atoms with Crippen LogP contribution in [0.5, 0.6) is 5.75 Å². The van der Waals surface area contributed by atoms with Crippen LogP contribution in [-0.4, -0.2) is 28.9 Å². The van der Waals surface area contributed by atoms with Crippen molar-refractivity contribution in [2.75, 3.05) is 0 Å². The smallest absolute Gasteiger partial charge is 0.271 e. The summed E-state index contributed by atoms with van der Waals surface area (Å²) >= 11 is 1.42. The van der Waals surface area contributed by atoms with Crippen molar-refractivity contribution >= 4 is 23.2 Å². The average molecular weight is 430 g/mol. The van der Waals surface area contributed by atoms with Crippen LogP contribution in [0.15, 0.2) is 35.7 Å². The van der Waals surface area contributed by atoms with E-state index in [1.807, 2.05) is 30.3 Å². The van der Waals surface area contributed by atoms with E-state index in [0.717, 1.165) is 55.7 Å². The number of nitrogens with one attached hydrogen (secondary N) is 2. The van der Waals surface area contributed by atoms with Gasteiger partial charge >= 0.3 is 0 Å². The fraction of sp³-hybridized carbons (Fsp3) is 0.522. The van der Waals surface area contributed by atoms with E-state index in [0.29, 0.717) is 18.7 Å². The number of benzene rings is 1. The first-order valence-electron chi connectivity index (χ1n) is 10.9. The molecule has 3 rings (SSSR count). The molecule has 1 aliphatic carbocycles. The molecule has 0 aliphatic heterocycles. The van der Waals surface area contributed by atoms with Crippen molar-refractivity contribution < 1.29 is 14.3 Å². The maximum Gasteiger partial charge on any atom is 0.271 e. The fourth-order valence-electron chi connectivity index (χ4n) is 3.68. The zero-order valence-corrected chi connectivity index (χ0v) is 18.4. The second kappa shape index (κ2) is 11.7. The lowest BCUT2D eigenvalue weighted by Gasteiger charge is -2.32. The molecule has 2 N–H and O–H groups in total. The third-order valence-electron chi connectivity index (χ3n) is 5.33. The lowest BCUT2D eigenvalue weighted by atomic mass is 9.90. The molecule has 2 atom stereocenters. The number of hydrogen-bond donors (Lipinski definition) is 2. The predicted octanol–water partition coefficient (Wildman–Crippen LogP) is 4.46. The molecule has 6 nitrogen and oxygen atoms in total. The summed E-state index contributed by atoms with van der Waals surface area (Å²) in [5.74, 6) is 0.677.